The summed E-state index contributed by atoms with van der Waals surface area (Å²) in [5, 5.41) is 0. The fraction of sp³-hybridized carbons (Fsp3) is 0.333. The van der Waals surface area contributed by atoms with Crippen molar-refractivity contribution in [3.05, 3.63) is 23.9 Å². The van der Waals surface area contributed by atoms with Crippen LogP contribution in [0.1, 0.15) is 10.4 Å². The summed E-state index contributed by atoms with van der Waals surface area (Å²) in [5.74, 6) is -0.176. The molecule has 1 heterocycles. The third-order valence-corrected chi connectivity index (χ3v) is 1.48. The van der Waals surface area contributed by atoms with Crippen LogP contribution in [0.3, 0.4) is 0 Å². The third-order valence-electron chi connectivity index (χ3n) is 1.48. The highest BCUT2D eigenvalue weighted by atomic mass is 19.1. The standard InChI is InChI=1S/C9H10FNO3/c1-13-9(12)7-2-3-8(11-6-7)14-5-4-10/h2-3,6H,4-5H2,1H3. The maximum absolute atomic E-state index is 11.7. The maximum Gasteiger partial charge on any atom is 0.339 e. The van der Waals surface area contributed by atoms with Crippen LogP contribution in [-0.2, 0) is 4.74 Å². The van der Waals surface area contributed by atoms with Crippen LogP contribution in [0.4, 0.5) is 4.39 Å². The van der Waals surface area contributed by atoms with Crippen LogP contribution in [0.2, 0.25) is 0 Å². The van der Waals surface area contributed by atoms with Gasteiger partial charge in [-0.1, -0.05) is 0 Å². The molecule has 0 unspecified atom stereocenters. The highest BCUT2D eigenvalue weighted by molar-refractivity contribution is 5.88. The van der Waals surface area contributed by atoms with Crippen molar-refractivity contribution in [1.29, 1.82) is 0 Å². The topological polar surface area (TPSA) is 48.4 Å². The average Bonchev–Trinajstić information content (AvgIpc) is 2.26. The van der Waals surface area contributed by atoms with Crippen molar-refractivity contribution in [3.63, 3.8) is 0 Å². The summed E-state index contributed by atoms with van der Waals surface area (Å²) in [7, 11) is 1.29. The Morgan fingerprint density at radius 3 is 2.86 bits per heavy atom. The van der Waals surface area contributed by atoms with Crippen LogP contribution in [-0.4, -0.2) is 31.3 Å². The predicted molar refractivity (Wildman–Crippen MR) is 47.0 cm³/mol. The van der Waals surface area contributed by atoms with E-state index in [1.807, 2.05) is 0 Å². The minimum Gasteiger partial charge on any atom is -0.475 e. The zero-order chi connectivity index (χ0) is 10.4. The number of aromatic nitrogens is 1. The van der Waals surface area contributed by atoms with Gasteiger partial charge in [0.05, 0.1) is 12.7 Å². The molecule has 1 rings (SSSR count). The number of methoxy groups -OCH3 is 1. The molecular formula is C9H10FNO3. The lowest BCUT2D eigenvalue weighted by Gasteiger charge is -2.02. The molecule has 4 nitrogen and oxygen atoms in total. The van der Waals surface area contributed by atoms with E-state index in [4.69, 9.17) is 4.74 Å². The SMILES string of the molecule is COC(=O)c1ccc(OCCF)nc1. The number of hydrogen-bond acceptors (Lipinski definition) is 4. The van der Waals surface area contributed by atoms with E-state index in [2.05, 4.69) is 9.72 Å². The van der Waals surface area contributed by atoms with Gasteiger partial charge in [0.15, 0.2) is 0 Å². The molecule has 14 heavy (non-hydrogen) atoms. The molecular weight excluding hydrogens is 189 g/mol. The smallest absolute Gasteiger partial charge is 0.339 e. The summed E-state index contributed by atoms with van der Waals surface area (Å²) in [6.45, 7) is -0.606. The Morgan fingerprint density at radius 2 is 2.36 bits per heavy atom. The highest BCUT2D eigenvalue weighted by Gasteiger charge is 2.05. The minimum atomic E-state index is -0.569. The Morgan fingerprint density at radius 1 is 1.57 bits per heavy atom. The Kier molecular flexibility index (Phi) is 3.84. The molecule has 5 heteroatoms. The number of carbonyl (C=O) groups is 1. The first-order valence-corrected chi connectivity index (χ1v) is 4.01. The van der Waals surface area contributed by atoms with Crippen molar-refractivity contribution in [2.45, 2.75) is 0 Å². The van der Waals surface area contributed by atoms with Crippen LogP contribution >= 0.6 is 0 Å². The fourth-order valence-corrected chi connectivity index (χ4v) is 0.847. The predicted octanol–water partition coefficient (Wildman–Crippen LogP) is 1.22. The Labute approximate surface area is 80.7 Å². The van der Waals surface area contributed by atoms with Gasteiger partial charge in [-0.25, -0.2) is 14.2 Å². The zero-order valence-corrected chi connectivity index (χ0v) is 7.70. The van der Waals surface area contributed by atoms with Gasteiger partial charge in [0.2, 0.25) is 5.88 Å². The molecule has 0 saturated carbocycles. The van der Waals surface area contributed by atoms with E-state index in [1.165, 1.54) is 25.4 Å². The fourth-order valence-electron chi connectivity index (χ4n) is 0.847. The average molecular weight is 199 g/mol. The Bertz CT molecular complexity index is 299. The van der Waals surface area contributed by atoms with Crippen LogP contribution < -0.4 is 4.74 Å². The lowest BCUT2D eigenvalue weighted by molar-refractivity contribution is 0.0600. The van der Waals surface area contributed by atoms with E-state index in [1.54, 1.807) is 0 Å². The lowest BCUT2D eigenvalue weighted by Crippen LogP contribution is -2.04. The molecule has 0 aliphatic carbocycles. The van der Waals surface area contributed by atoms with Gasteiger partial charge in [0, 0.05) is 12.3 Å². The van der Waals surface area contributed by atoms with Crippen molar-refractivity contribution in [2.24, 2.45) is 0 Å². The van der Waals surface area contributed by atoms with E-state index in [0.29, 0.717) is 5.56 Å². The molecule has 0 saturated heterocycles. The highest BCUT2D eigenvalue weighted by Crippen LogP contribution is 2.08. The number of hydrogen-bond donors (Lipinski definition) is 0. The molecule has 0 bridgehead atoms. The van der Waals surface area contributed by atoms with Crippen molar-refractivity contribution in [3.8, 4) is 5.88 Å². The molecule has 1 aromatic heterocycles. The van der Waals surface area contributed by atoms with Crippen molar-refractivity contribution in [2.75, 3.05) is 20.4 Å². The van der Waals surface area contributed by atoms with E-state index >= 15 is 0 Å². The van der Waals surface area contributed by atoms with Crippen LogP contribution in [0.25, 0.3) is 0 Å². The number of rotatable bonds is 4. The maximum atomic E-state index is 11.7. The summed E-state index contributed by atoms with van der Waals surface area (Å²) in [6, 6.07) is 2.99. The molecule has 0 aliphatic heterocycles. The van der Waals surface area contributed by atoms with Gasteiger partial charge in [-0.05, 0) is 6.07 Å². The lowest BCUT2D eigenvalue weighted by atomic mass is 10.3. The molecule has 0 spiro atoms. The number of alkyl halides is 1. The van der Waals surface area contributed by atoms with E-state index in [-0.39, 0.29) is 12.5 Å². The molecule has 0 N–H and O–H groups in total. The number of pyridine rings is 1. The largest absolute Gasteiger partial charge is 0.475 e. The molecule has 0 atom stereocenters. The van der Waals surface area contributed by atoms with Gasteiger partial charge in [0.25, 0.3) is 0 Å². The van der Waals surface area contributed by atoms with Crippen molar-refractivity contribution >= 4 is 5.97 Å². The second-order valence-electron chi connectivity index (χ2n) is 2.41. The van der Waals surface area contributed by atoms with E-state index in [9.17, 15) is 9.18 Å². The summed E-state index contributed by atoms with van der Waals surface area (Å²) in [5.41, 5.74) is 0.333. The monoisotopic (exact) mass is 199 g/mol. The molecule has 0 aromatic carbocycles. The molecule has 76 valence electrons. The zero-order valence-electron chi connectivity index (χ0n) is 7.70. The number of nitrogens with zero attached hydrogens (tertiary/aromatic N) is 1. The third kappa shape index (κ3) is 2.69. The van der Waals surface area contributed by atoms with Gasteiger partial charge in [-0.2, -0.15) is 0 Å². The van der Waals surface area contributed by atoms with Crippen molar-refractivity contribution < 1.29 is 18.7 Å². The van der Waals surface area contributed by atoms with E-state index in [0.717, 1.165) is 0 Å². The number of esters is 1. The molecule has 0 aliphatic rings. The summed E-state index contributed by atoms with van der Waals surface area (Å²) in [6.07, 6.45) is 1.32. The second-order valence-corrected chi connectivity index (χ2v) is 2.41. The Hall–Kier alpha value is -1.65. The summed E-state index contributed by atoms with van der Waals surface area (Å²) in [4.78, 5) is 14.8. The van der Waals surface area contributed by atoms with E-state index < -0.39 is 12.6 Å². The van der Waals surface area contributed by atoms with Crippen molar-refractivity contribution in [1.82, 2.24) is 4.98 Å². The van der Waals surface area contributed by atoms with Gasteiger partial charge in [0.1, 0.15) is 13.3 Å². The van der Waals surface area contributed by atoms with Gasteiger partial charge >= 0.3 is 5.97 Å². The summed E-state index contributed by atoms with van der Waals surface area (Å²) >= 11 is 0. The van der Waals surface area contributed by atoms with Gasteiger partial charge in [-0.3, -0.25) is 0 Å². The second kappa shape index (κ2) is 5.16. The molecule has 1 aromatic rings. The van der Waals surface area contributed by atoms with Crippen LogP contribution in [0.15, 0.2) is 18.3 Å². The minimum absolute atomic E-state index is 0.0371. The molecule has 0 radical (unpaired) electrons. The normalized spacial score (nSPS) is 9.57. The van der Waals surface area contributed by atoms with Gasteiger partial charge in [-0.15, -0.1) is 0 Å². The quantitative estimate of drug-likeness (QED) is 0.684. The molecule has 0 amide bonds. The van der Waals surface area contributed by atoms with Crippen LogP contribution in [0.5, 0.6) is 5.88 Å². The van der Waals surface area contributed by atoms with Gasteiger partial charge < -0.3 is 9.47 Å². The van der Waals surface area contributed by atoms with Crippen LogP contribution in [0, 0.1) is 0 Å². The number of carbonyl (C=O) groups excluding carboxylic acids is 1. The summed E-state index contributed by atoms with van der Waals surface area (Å²) < 4.78 is 21.1. The first kappa shape index (κ1) is 10.4. The molecule has 0 fully saturated rings. The first-order chi connectivity index (χ1) is 6.77. The first-order valence-electron chi connectivity index (χ1n) is 4.01. The number of halogens is 1. The number of ether oxygens (including phenoxy) is 2. The Balaban J connectivity index is 2.63.